The van der Waals surface area contributed by atoms with E-state index in [0.29, 0.717) is 5.56 Å². The molecule has 0 radical (unpaired) electrons. The van der Waals surface area contributed by atoms with Gasteiger partial charge in [-0.15, -0.1) is 0 Å². The number of hydrogen-bond acceptors (Lipinski definition) is 8. The van der Waals surface area contributed by atoms with Gasteiger partial charge in [-0.05, 0) is 55.7 Å². The molecule has 0 aliphatic carbocycles. The van der Waals surface area contributed by atoms with E-state index in [2.05, 4.69) is 0 Å². The lowest BCUT2D eigenvalue weighted by molar-refractivity contribution is -0.140. The van der Waals surface area contributed by atoms with E-state index in [-0.39, 0.29) is 41.4 Å². The first kappa shape index (κ1) is 26.2. The van der Waals surface area contributed by atoms with Gasteiger partial charge in [-0.2, -0.15) is 5.26 Å². The van der Waals surface area contributed by atoms with Crippen LogP contribution in [0.25, 0.3) is 6.08 Å². The van der Waals surface area contributed by atoms with Gasteiger partial charge in [-0.3, -0.25) is 14.5 Å². The topological polar surface area (TPSA) is 123 Å². The fourth-order valence-corrected chi connectivity index (χ4v) is 3.78. The third-order valence-electron chi connectivity index (χ3n) is 5.38. The third-order valence-corrected chi connectivity index (χ3v) is 5.38. The molecule has 1 aliphatic heterocycles. The summed E-state index contributed by atoms with van der Waals surface area (Å²) in [5.41, 5.74) is 0.724. The molecule has 0 aromatic heterocycles. The number of rotatable bonds is 9. The molecule has 0 saturated carbocycles. The van der Waals surface area contributed by atoms with Crippen molar-refractivity contribution >= 4 is 29.8 Å². The van der Waals surface area contributed by atoms with Crippen molar-refractivity contribution in [3.8, 4) is 17.6 Å². The van der Waals surface area contributed by atoms with Crippen LogP contribution in [0.15, 0.2) is 48.0 Å². The van der Waals surface area contributed by atoms with Crippen molar-refractivity contribution in [3.63, 3.8) is 0 Å². The molecule has 1 heterocycles. The van der Waals surface area contributed by atoms with Crippen molar-refractivity contribution in [2.45, 2.75) is 33.7 Å². The van der Waals surface area contributed by atoms with Gasteiger partial charge in [-0.25, -0.2) is 9.59 Å². The lowest BCUT2D eigenvalue weighted by atomic mass is 10.0. The molecule has 2 amide bonds. The second-order valence-corrected chi connectivity index (χ2v) is 8.17. The van der Waals surface area contributed by atoms with Crippen molar-refractivity contribution in [3.05, 3.63) is 64.7 Å². The zero-order chi connectivity index (χ0) is 26.4. The minimum Gasteiger partial charge on any atom is -0.490 e. The predicted molar refractivity (Wildman–Crippen MR) is 129 cm³/mol. The number of amides is 2. The highest BCUT2D eigenvalue weighted by atomic mass is 16.6. The van der Waals surface area contributed by atoms with E-state index in [4.69, 9.17) is 14.2 Å². The molecule has 9 nitrogen and oxygen atoms in total. The van der Waals surface area contributed by atoms with Crippen molar-refractivity contribution in [2.75, 3.05) is 13.2 Å². The molecule has 1 atom stereocenters. The van der Waals surface area contributed by atoms with Gasteiger partial charge in [0.15, 0.2) is 11.5 Å². The normalized spacial score (nSPS) is 13.8. The highest BCUT2D eigenvalue weighted by Crippen LogP contribution is 2.32. The summed E-state index contributed by atoms with van der Waals surface area (Å²) in [6.07, 6.45) is 1.34. The van der Waals surface area contributed by atoms with Crippen LogP contribution in [0.2, 0.25) is 0 Å². The molecule has 0 spiro atoms. The molecule has 36 heavy (non-hydrogen) atoms. The lowest BCUT2D eigenvalue weighted by Gasteiger charge is -2.27. The number of carbonyl (C=O) groups is 4. The molecule has 0 fully saturated rings. The molecular formula is C27H26N2O7. The van der Waals surface area contributed by atoms with Gasteiger partial charge in [0.25, 0.3) is 11.8 Å². The van der Waals surface area contributed by atoms with E-state index in [0.717, 1.165) is 4.90 Å². The van der Waals surface area contributed by atoms with Crippen LogP contribution in [0.4, 0.5) is 0 Å². The van der Waals surface area contributed by atoms with E-state index in [1.165, 1.54) is 24.3 Å². The molecule has 0 saturated heterocycles. The van der Waals surface area contributed by atoms with Crippen LogP contribution in [0.3, 0.4) is 0 Å². The number of ether oxygens (including phenoxy) is 3. The second kappa shape index (κ2) is 11.3. The molecule has 2 aromatic rings. The average molecular weight is 491 g/mol. The maximum atomic E-state index is 13.3. The van der Waals surface area contributed by atoms with Crippen LogP contribution in [0, 0.1) is 17.2 Å². The Kier molecular flexibility index (Phi) is 8.22. The smallest absolute Gasteiger partial charge is 0.348 e. The third kappa shape index (κ3) is 5.28. The van der Waals surface area contributed by atoms with Gasteiger partial charge < -0.3 is 14.2 Å². The first-order valence-electron chi connectivity index (χ1n) is 11.5. The maximum Gasteiger partial charge on any atom is 0.348 e. The minimum atomic E-state index is -1.17. The van der Waals surface area contributed by atoms with Crippen LogP contribution < -0.4 is 9.47 Å². The van der Waals surface area contributed by atoms with Gasteiger partial charge in [0.05, 0.1) is 24.3 Å². The van der Waals surface area contributed by atoms with E-state index < -0.39 is 35.7 Å². The summed E-state index contributed by atoms with van der Waals surface area (Å²) in [4.78, 5) is 52.1. The van der Waals surface area contributed by atoms with E-state index in [9.17, 15) is 24.4 Å². The van der Waals surface area contributed by atoms with Gasteiger partial charge in [-0.1, -0.05) is 32.0 Å². The summed E-state index contributed by atoms with van der Waals surface area (Å²) >= 11 is 0. The summed E-state index contributed by atoms with van der Waals surface area (Å²) in [6, 6.07) is 11.5. The molecule has 0 bridgehead atoms. The van der Waals surface area contributed by atoms with E-state index >= 15 is 0 Å². The van der Waals surface area contributed by atoms with Crippen LogP contribution in [0.5, 0.6) is 11.5 Å². The lowest BCUT2D eigenvalue weighted by Crippen LogP contribution is -2.49. The number of hydrogen-bond donors (Lipinski definition) is 0. The highest BCUT2D eigenvalue weighted by Gasteiger charge is 2.45. The zero-order valence-electron chi connectivity index (χ0n) is 20.4. The number of benzene rings is 2. The van der Waals surface area contributed by atoms with Crippen molar-refractivity contribution in [2.24, 2.45) is 5.92 Å². The second-order valence-electron chi connectivity index (χ2n) is 8.17. The van der Waals surface area contributed by atoms with Crippen molar-refractivity contribution in [1.82, 2.24) is 4.90 Å². The SMILES string of the molecule is CCOC(=O)/C(C#N)=C/c1ccc(OC(=O)[C@H](C(C)C)N2C(=O)c3ccccc3C2=O)c(OCC)c1. The number of imide groups is 1. The number of carbonyl (C=O) groups excluding carboxylic acids is 4. The van der Waals surface area contributed by atoms with Crippen LogP contribution >= 0.6 is 0 Å². The Morgan fingerprint density at radius 1 is 1.00 bits per heavy atom. The predicted octanol–water partition coefficient (Wildman–Crippen LogP) is 3.78. The molecule has 9 heteroatoms. The number of nitrogens with zero attached hydrogens (tertiary/aromatic N) is 2. The number of nitriles is 1. The van der Waals surface area contributed by atoms with Gasteiger partial charge in [0.1, 0.15) is 17.7 Å². The quantitative estimate of drug-likeness (QED) is 0.171. The zero-order valence-corrected chi connectivity index (χ0v) is 20.4. The number of fused-ring (bicyclic) bond motifs is 1. The summed E-state index contributed by atoms with van der Waals surface area (Å²) in [5, 5.41) is 9.28. The minimum absolute atomic E-state index is 0.0656. The van der Waals surface area contributed by atoms with Crippen LogP contribution in [0.1, 0.15) is 54.0 Å². The number of esters is 2. The standard InChI is InChI=1S/C27H26N2O7/c1-5-34-22-14-17(13-18(15-28)26(32)35-6-2)11-12-21(22)36-27(33)23(16(3)4)29-24(30)19-9-7-8-10-20(19)25(29)31/h7-14,16,23H,5-6H2,1-4H3/b18-13+/t23-/m0/s1. The maximum absolute atomic E-state index is 13.3. The first-order valence-corrected chi connectivity index (χ1v) is 11.5. The van der Waals surface area contributed by atoms with Crippen molar-refractivity contribution < 1.29 is 33.4 Å². The molecule has 1 aliphatic rings. The molecule has 0 N–H and O–H groups in total. The first-order chi connectivity index (χ1) is 17.2. The molecule has 2 aromatic carbocycles. The largest absolute Gasteiger partial charge is 0.490 e. The Bertz CT molecular complexity index is 1240. The average Bonchev–Trinajstić information content (AvgIpc) is 3.09. The Balaban J connectivity index is 1.91. The van der Waals surface area contributed by atoms with Crippen LogP contribution in [-0.4, -0.2) is 47.9 Å². The Morgan fingerprint density at radius 3 is 2.17 bits per heavy atom. The summed E-state index contributed by atoms with van der Waals surface area (Å²) in [6.45, 7) is 7.17. The van der Waals surface area contributed by atoms with E-state index in [1.807, 2.05) is 0 Å². The molecule has 0 unspecified atom stereocenters. The Hall–Kier alpha value is -4.45. The molecule has 186 valence electrons. The van der Waals surface area contributed by atoms with Gasteiger partial charge in [0.2, 0.25) is 0 Å². The Morgan fingerprint density at radius 2 is 1.64 bits per heavy atom. The van der Waals surface area contributed by atoms with Gasteiger partial charge >= 0.3 is 11.9 Å². The summed E-state index contributed by atoms with van der Waals surface area (Å²) in [5.74, 6) is -2.84. The highest BCUT2D eigenvalue weighted by molar-refractivity contribution is 6.22. The molecular weight excluding hydrogens is 464 g/mol. The monoisotopic (exact) mass is 490 g/mol. The summed E-state index contributed by atoms with van der Waals surface area (Å²) < 4.78 is 16.1. The van der Waals surface area contributed by atoms with Crippen LogP contribution in [-0.2, 0) is 14.3 Å². The molecule has 3 rings (SSSR count). The van der Waals surface area contributed by atoms with E-state index in [1.54, 1.807) is 58.0 Å². The summed E-state index contributed by atoms with van der Waals surface area (Å²) in [7, 11) is 0. The Labute approximate surface area is 208 Å². The fourth-order valence-electron chi connectivity index (χ4n) is 3.78. The van der Waals surface area contributed by atoms with Crippen molar-refractivity contribution in [1.29, 1.82) is 5.26 Å². The van der Waals surface area contributed by atoms with Gasteiger partial charge in [0, 0.05) is 0 Å². The fraction of sp³-hybridized carbons (Fsp3) is 0.296.